The molecule has 0 aliphatic carbocycles. The summed E-state index contributed by atoms with van der Waals surface area (Å²) >= 11 is 0. The first-order valence-corrected chi connectivity index (χ1v) is 10.6. The summed E-state index contributed by atoms with van der Waals surface area (Å²) in [6, 6.07) is 24.2. The molecule has 3 heterocycles. The number of aromatic nitrogens is 2. The third-order valence-corrected chi connectivity index (χ3v) is 6.16. The number of rotatable bonds is 2. The number of hydrogen-bond acceptors (Lipinski definition) is 2. The fourth-order valence-electron chi connectivity index (χ4n) is 4.55. The van der Waals surface area contributed by atoms with Gasteiger partial charge in [0.1, 0.15) is 12.6 Å². The Labute approximate surface area is 184 Å². The van der Waals surface area contributed by atoms with Gasteiger partial charge in [0.15, 0.2) is 23.2 Å². The van der Waals surface area contributed by atoms with E-state index < -0.39 is 5.82 Å². The standard InChI is InChI=1S/C28H20FN2O/c1-17-10-13-21-26-28(32-27(21)24(17)23-9-5-6-14-31(23)2)25(22(29)16-30-26)20-12-11-18-7-3-4-8-19(18)15-20/h3-16H,1-2H3/q+1. The zero-order valence-corrected chi connectivity index (χ0v) is 17.8. The number of nitrogens with zero attached hydrogens (tertiary/aromatic N) is 2. The van der Waals surface area contributed by atoms with Crippen LogP contribution in [0.1, 0.15) is 5.56 Å². The van der Waals surface area contributed by atoms with Gasteiger partial charge in [0.2, 0.25) is 5.69 Å². The van der Waals surface area contributed by atoms with Crippen molar-refractivity contribution in [1.29, 1.82) is 0 Å². The van der Waals surface area contributed by atoms with Crippen LogP contribution in [0, 0.1) is 12.7 Å². The van der Waals surface area contributed by atoms with Gasteiger partial charge in [-0.15, -0.1) is 0 Å². The van der Waals surface area contributed by atoms with Gasteiger partial charge >= 0.3 is 0 Å². The maximum atomic E-state index is 15.2. The first kappa shape index (κ1) is 18.7. The molecular weight excluding hydrogens is 399 g/mol. The predicted octanol–water partition coefficient (Wildman–Crippen LogP) is 6.74. The van der Waals surface area contributed by atoms with Crippen LogP contribution in [0.4, 0.5) is 4.39 Å². The van der Waals surface area contributed by atoms with Gasteiger partial charge < -0.3 is 4.42 Å². The summed E-state index contributed by atoms with van der Waals surface area (Å²) in [6.07, 6.45) is 3.30. The van der Waals surface area contributed by atoms with Crippen molar-refractivity contribution in [2.75, 3.05) is 0 Å². The van der Waals surface area contributed by atoms with E-state index in [1.54, 1.807) is 0 Å². The van der Waals surface area contributed by atoms with Crippen LogP contribution in [0.2, 0.25) is 0 Å². The number of fused-ring (bicyclic) bond motifs is 4. The Morgan fingerprint density at radius 1 is 0.844 bits per heavy atom. The van der Waals surface area contributed by atoms with Crippen molar-refractivity contribution >= 4 is 32.8 Å². The zero-order valence-electron chi connectivity index (χ0n) is 17.8. The van der Waals surface area contributed by atoms with Crippen LogP contribution in [-0.4, -0.2) is 4.98 Å². The van der Waals surface area contributed by atoms with Crippen LogP contribution in [0.5, 0.6) is 0 Å². The molecule has 0 atom stereocenters. The number of furan rings is 1. The molecule has 4 heteroatoms. The molecule has 0 spiro atoms. The van der Waals surface area contributed by atoms with Crippen molar-refractivity contribution in [3.8, 4) is 22.4 Å². The lowest BCUT2D eigenvalue weighted by Gasteiger charge is -2.06. The molecule has 3 aromatic carbocycles. The molecule has 154 valence electrons. The summed E-state index contributed by atoms with van der Waals surface area (Å²) in [4.78, 5) is 4.43. The molecule has 0 saturated carbocycles. The molecule has 0 saturated heterocycles. The minimum Gasteiger partial charge on any atom is -0.453 e. The molecule has 6 rings (SSSR count). The number of halogens is 1. The molecule has 0 unspecified atom stereocenters. The average Bonchev–Trinajstić information content (AvgIpc) is 3.17. The Morgan fingerprint density at radius 2 is 1.66 bits per heavy atom. The van der Waals surface area contributed by atoms with Gasteiger partial charge in [0.25, 0.3) is 0 Å². The smallest absolute Gasteiger partial charge is 0.216 e. The highest BCUT2D eigenvalue weighted by atomic mass is 19.1. The predicted molar refractivity (Wildman–Crippen MR) is 126 cm³/mol. The summed E-state index contributed by atoms with van der Waals surface area (Å²) in [7, 11) is 2.01. The van der Waals surface area contributed by atoms with E-state index in [-0.39, 0.29) is 0 Å². The van der Waals surface area contributed by atoms with E-state index in [2.05, 4.69) is 28.6 Å². The average molecular weight is 419 g/mol. The summed E-state index contributed by atoms with van der Waals surface area (Å²) in [5.41, 5.74) is 6.20. The number of benzene rings is 3. The molecule has 0 radical (unpaired) electrons. The molecule has 3 nitrogen and oxygen atoms in total. The molecule has 32 heavy (non-hydrogen) atoms. The van der Waals surface area contributed by atoms with E-state index in [9.17, 15) is 0 Å². The zero-order chi connectivity index (χ0) is 21.8. The number of aryl methyl sites for hydroxylation is 2. The third kappa shape index (κ3) is 2.73. The third-order valence-electron chi connectivity index (χ3n) is 6.16. The van der Waals surface area contributed by atoms with Crippen LogP contribution in [0.3, 0.4) is 0 Å². The maximum Gasteiger partial charge on any atom is 0.216 e. The van der Waals surface area contributed by atoms with Gasteiger partial charge in [-0.2, -0.15) is 0 Å². The summed E-state index contributed by atoms with van der Waals surface area (Å²) < 4.78 is 23.7. The molecule has 0 aliphatic rings. The highest BCUT2D eigenvalue weighted by Gasteiger charge is 2.23. The second-order valence-electron chi connectivity index (χ2n) is 8.15. The van der Waals surface area contributed by atoms with Crippen LogP contribution in [-0.2, 0) is 7.05 Å². The number of pyridine rings is 2. The Bertz CT molecular complexity index is 1670. The highest BCUT2D eigenvalue weighted by Crippen LogP contribution is 2.40. The molecule has 0 bridgehead atoms. The summed E-state index contributed by atoms with van der Waals surface area (Å²) in [5, 5.41) is 3.05. The van der Waals surface area contributed by atoms with Crippen LogP contribution < -0.4 is 4.57 Å². The fourth-order valence-corrected chi connectivity index (χ4v) is 4.55. The molecule has 6 aromatic rings. The Morgan fingerprint density at radius 3 is 2.50 bits per heavy atom. The van der Waals surface area contributed by atoms with Gasteiger partial charge in [-0.1, -0.05) is 42.5 Å². The van der Waals surface area contributed by atoms with E-state index in [1.807, 2.05) is 73.9 Å². The molecule has 0 fully saturated rings. The minimum atomic E-state index is -0.393. The number of hydrogen-bond donors (Lipinski definition) is 0. The quantitative estimate of drug-likeness (QED) is 0.291. The lowest BCUT2D eigenvalue weighted by atomic mass is 9.99. The van der Waals surface area contributed by atoms with Crippen molar-refractivity contribution in [3.05, 3.63) is 96.6 Å². The monoisotopic (exact) mass is 419 g/mol. The molecule has 0 N–H and O–H groups in total. The summed E-state index contributed by atoms with van der Waals surface area (Å²) in [6.45, 7) is 2.06. The first-order chi connectivity index (χ1) is 15.6. The lowest BCUT2D eigenvalue weighted by Crippen LogP contribution is -2.30. The lowest BCUT2D eigenvalue weighted by molar-refractivity contribution is -0.660. The topological polar surface area (TPSA) is 29.9 Å². The van der Waals surface area contributed by atoms with Crippen molar-refractivity contribution in [2.45, 2.75) is 6.92 Å². The molecule has 0 aliphatic heterocycles. The summed E-state index contributed by atoms with van der Waals surface area (Å²) in [5.74, 6) is -0.393. The highest BCUT2D eigenvalue weighted by molar-refractivity contribution is 6.11. The molecular formula is C28H20FN2O+. The normalized spacial score (nSPS) is 11.6. The molecule has 0 amide bonds. The SMILES string of the molecule is Cc1ccc2c(oc3c(-c4ccc5ccccc5c4)c(F)cnc32)c1-c1cccc[n+]1C. The van der Waals surface area contributed by atoms with Gasteiger partial charge in [0.05, 0.1) is 17.3 Å². The Kier molecular flexibility index (Phi) is 4.08. The van der Waals surface area contributed by atoms with Crippen LogP contribution in [0.15, 0.2) is 89.6 Å². The van der Waals surface area contributed by atoms with Gasteiger partial charge in [-0.25, -0.2) is 13.9 Å². The van der Waals surface area contributed by atoms with Crippen molar-refractivity contribution < 1.29 is 13.4 Å². The first-order valence-electron chi connectivity index (χ1n) is 10.6. The minimum absolute atomic E-state index is 0.393. The van der Waals surface area contributed by atoms with E-state index in [4.69, 9.17) is 4.42 Å². The Balaban J connectivity index is 1.70. The van der Waals surface area contributed by atoms with Gasteiger partial charge in [0, 0.05) is 17.5 Å². The second-order valence-corrected chi connectivity index (χ2v) is 8.15. The fraction of sp³-hybridized carbons (Fsp3) is 0.0714. The van der Waals surface area contributed by atoms with Crippen molar-refractivity contribution in [1.82, 2.24) is 4.98 Å². The van der Waals surface area contributed by atoms with Crippen molar-refractivity contribution in [2.24, 2.45) is 7.05 Å². The van der Waals surface area contributed by atoms with E-state index in [0.29, 0.717) is 16.7 Å². The molecule has 3 aromatic heterocycles. The van der Waals surface area contributed by atoms with Crippen molar-refractivity contribution in [3.63, 3.8) is 0 Å². The van der Waals surface area contributed by atoms with Crippen LogP contribution in [0.25, 0.3) is 55.2 Å². The largest absolute Gasteiger partial charge is 0.453 e. The van der Waals surface area contributed by atoms with Crippen LogP contribution >= 0.6 is 0 Å². The van der Waals surface area contributed by atoms with E-state index >= 15 is 4.39 Å². The second kappa shape index (κ2) is 6.99. The van der Waals surface area contributed by atoms with Gasteiger partial charge in [-0.05, 0) is 47.0 Å². The maximum absolute atomic E-state index is 15.2. The van der Waals surface area contributed by atoms with Gasteiger partial charge in [-0.3, -0.25) is 0 Å². The van der Waals surface area contributed by atoms with E-state index in [1.165, 1.54) is 6.20 Å². The Hall–Kier alpha value is -4.05. The van der Waals surface area contributed by atoms with E-state index in [0.717, 1.165) is 44.1 Å².